The summed E-state index contributed by atoms with van der Waals surface area (Å²) in [5, 5.41) is 2.97. The highest BCUT2D eigenvalue weighted by Crippen LogP contribution is 2.25. The molecule has 1 amide bonds. The molecule has 8 heteroatoms. The number of nitrogens with one attached hydrogen (secondary N) is 1. The highest BCUT2D eigenvalue weighted by atomic mass is 35.5. The van der Waals surface area contributed by atoms with Gasteiger partial charge in [-0.1, -0.05) is 23.7 Å². The van der Waals surface area contributed by atoms with Crippen LogP contribution >= 0.6 is 11.6 Å². The van der Waals surface area contributed by atoms with Crippen molar-refractivity contribution in [2.24, 2.45) is 0 Å². The first-order valence-corrected chi connectivity index (χ1v) is 9.62. The maximum atomic E-state index is 13.0. The molecule has 0 heterocycles. The second-order valence-electron chi connectivity index (χ2n) is 5.64. The van der Waals surface area contributed by atoms with E-state index in [1.807, 2.05) is 0 Å². The number of rotatable bonds is 5. The predicted molar refractivity (Wildman–Crippen MR) is 97.0 cm³/mol. The molecule has 0 aliphatic heterocycles. The molecular weight excluding hydrogens is 367 g/mol. The van der Waals surface area contributed by atoms with Crippen LogP contribution < -0.4 is 9.62 Å². The number of hydrogen-bond donors (Lipinski definition) is 1. The van der Waals surface area contributed by atoms with Gasteiger partial charge in [0.25, 0.3) is 5.91 Å². The van der Waals surface area contributed by atoms with Crippen molar-refractivity contribution in [1.82, 2.24) is 5.32 Å². The highest BCUT2D eigenvalue weighted by Gasteiger charge is 2.18. The smallest absolute Gasteiger partial charge is 0.253 e. The zero-order valence-corrected chi connectivity index (χ0v) is 15.5. The summed E-state index contributed by atoms with van der Waals surface area (Å²) >= 11 is 6.08. The number of amides is 1. The molecule has 0 saturated heterocycles. The molecule has 0 saturated carbocycles. The first kappa shape index (κ1) is 19.2. The largest absolute Gasteiger partial charge is 0.345 e. The summed E-state index contributed by atoms with van der Waals surface area (Å²) in [6.45, 7) is 1.76. The molecule has 0 fully saturated rings. The zero-order valence-electron chi connectivity index (χ0n) is 14.0. The van der Waals surface area contributed by atoms with Crippen molar-refractivity contribution in [3.05, 3.63) is 64.4 Å². The van der Waals surface area contributed by atoms with Crippen molar-refractivity contribution >= 4 is 33.2 Å². The molecular formula is C17H18ClFN2O3S. The number of anilines is 1. The molecule has 2 rings (SSSR count). The number of benzene rings is 2. The Morgan fingerprint density at radius 1 is 1.20 bits per heavy atom. The summed E-state index contributed by atoms with van der Waals surface area (Å²) in [5.74, 6) is -0.813. The van der Waals surface area contributed by atoms with Crippen LogP contribution in [0.2, 0.25) is 5.02 Å². The maximum Gasteiger partial charge on any atom is 0.253 e. The van der Waals surface area contributed by atoms with Gasteiger partial charge in [0.1, 0.15) is 5.82 Å². The minimum Gasteiger partial charge on any atom is -0.345 e. The zero-order chi connectivity index (χ0) is 18.8. The quantitative estimate of drug-likeness (QED) is 0.859. The molecule has 5 nitrogen and oxygen atoms in total. The van der Waals surface area contributed by atoms with Crippen molar-refractivity contribution in [1.29, 1.82) is 0 Å². The third kappa shape index (κ3) is 4.70. The summed E-state index contributed by atoms with van der Waals surface area (Å²) < 4.78 is 37.3. The van der Waals surface area contributed by atoms with E-state index in [0.717, 1.165) is 16.1 Å². The number of hydrogen-bond acceptors (Lipinski definition) is 3. The van der Waals surface area contributed by atoms with Gasteiger partial charge in [-0.05, 0) is 42.8 Å². The standard InChI is InChI=1S/C17H18ClFN2O3S/c1-11(12-4-6-13(19)7-5-12)20-17(22)15-10-14(8-9-16(15)18)21(2)25(3,23)24/h4-11H,1-3H3,(H,20,22)/t11-/m1/s1. The Hall–Kier alpha value is -2.12. The summed E-state index contributed by atoms with van der Waals surface area (Å²) in [6, 6.07) is 9.81. The van der Waals surface area contributed by atoms with Crippen LogP contribution in [0.3, 0.4) is 0 Å². The van der Waals surface area contributed by atoms with Crippen LogP contribution in [0.4, 0.5) is 10.1 Å². The van der Waals surface area contributed by atoms with Crippen LogP contribution in [0.25, 0.3) is 0 Å². The Morgan fingerprint density at radius 2 is 1.80 bits per heavy atom. The van der Waals surface area contributed by atoms with E-state index < -0.39 is 15.9 Å². The Kier molecular flexibility index (Phi) is 5.69. The lowest BCUT2D eigenvalue weighted by Gasteiger charge is -2.19. The minimum absolute atomic E-state index is 0.156. The van der Waals surface area contributed by atoms with Gasteiger partial charge in [-0.3, -0.25) is 9.10 Å². The second kappa shape index (κ2) is 7.41. The number of carbonyl (C=O) groups excluding carboxylic acids is 1. The van der Waals surface area contributed by atoms with Gasteiger partial charge >= 0.3 is 0 Å². The Morgan fingerprint density at radius 3 is 2.36 bits per heavy atom. The Balaban J connectivity index is 2.25. The van der Waals surface area contributed by atoms with Crippen molar-refractivity contribution in [2.45, 2.75) is 13.0 Å². The van der Waals surface area contributed by atoms with Gasteiger partial charge in [0.2, 0.25) is 10.0 Å². The monoisotopic (exact) mass is 384 g/mol. The molecule has 2 aromatic carbocycles. The fourth-order valence-electron chi connectivity index (χ4n) is 2.18. The first-order valence-electron chi connectivity index (χ1n) is 7.39. The van der Waals surface area contributed by atoms with Crippen LogP contribution in [-0.4, -0.2) is 27.6 Å². The summed E-state index contributed by atoms with van der Waals surface area (Å²) in [6.07, 6.45) is 1.07. The third-order valence-electron chi connectivity index (χ3n) is 3.77. The lowest BCUT2D eigenvalue weighted by atomic mass is 10.1. The fourth-order valence-corrected chi connectivity index (χ4v) is 2.88. The highest BCUT2D eigenvalue weighted by molar-refractivity contribution is 7.92. The fraction of sp³-hybridized carbons (Fsp3) is 0.235. The van der Waals surface area contributed by atoms with Crippen molar-refractivity contribution in [3.8, 4) is 0 Å². The lowest BCUT2D eigenvalue weighted by molar-refractivity contribution is 0.0940. The predicted octanol–water partition coefficient (Wildman–Crippen LogP) is 3.37. The average molecular weight is 385 g/mol. The summed E-state index contributed by atoms with van der Waals surface area (Å²) in [7, 11) is -2.07. The van der Waals surface area contributed by atoms with Gasteiger partial charge in [0.05, 0.1) is 28.6 Å². The molecule has 0 unspecified atom stereocenters. The number of carbonyl (C=O) groups is 1. The van der Waals surface area contributed by atoms with Crippen LogP contribution in [0, 0.1) is 5.82 Å². The van der Waals surface area contributed by atoms with Gasteiger partial charge in [-0.25, -0.2) is 12.8 Å². The van der Waals surface area contributed by atoms with Gasteiger partial charge in [0, 0.05) is 7.05 Å². The minimum atomic E-state index is -3.46. The summed E-state index contributed by atoms with van der Waals surface area (Å²) in [5.41, 5.74) is 1.21. The van der Waals surface area contributed by atoms with E-state index in [1.54, 1.807) is 19.1 Å². The van der Waals surface area contributed by atoms with Gasteiger partial charge in [-0.15, -0.1) is 0 Å². The number of sulfonamides is 1. The molecule has 134 valence electrons. The van der Waals surface area contributed by atoms with Crippen LogP contribution in [0.1, 0.15) is 28.9 Å². The first-order chi connectivity index (χ1) is 11.6. The topological polar surface area (TPSA) is 66.5 Å². The van der Waals surface area contributed by atoms with E-state index in [4.69, 9.17) is 11.6 Å². The molecule has 0 aliphatic carbocycles. The van der Waals surface area contributed by atoms with Crippen LogP contribution in [-0.2, 0) is 10.0 Å². The maximum absolute atomic E-state index is 13.0. The molecule has 0 aliphatic rings. The van der Waals surface area contributed by atoms with E-state index in [1.165, 1.54) is 37.4 Å². The summed E-state index contributed by atoms with van der Waals surface area (Å²) in [4.78, 5) is 12.5. The van der Waals surface area contributed by atoms with Crippen LogP contribution in [0.5, 0.6) is 0 Å². The molecule has 1 atom stereocenters. The van der Waals surface area contributed by atoms with Crippen molar-refractivity contribution in [2.75, 3.05) is 17.6 Å². The van der Waals surface area contributed by atoms with Gasteiger partial charge < -0.3 is 5.32 Å². The molecule has 0 spiro atoms. The molecule has 0 radical (unpaired) electrons. The van der Waals surface area contributed by atoms with Gasteiger partial charge in [0.15, 0.2) is 0 Å². The van der Waals surface area contributed by atoms with Crippen molar-refractivity contribution < 1.29 is 17.6 Å². The van der Waals surface area contributed by atoms with E-state index in [0.29, 0.717) is 5.69 Å². The SMILES string of the molecule is C[C@@H](NC(=O)c1cc(N(C)S(C)(=O)=O)ccc1Cl)c1ccc(F)cc1. The third-order valence-corrected chi connectivity index (χ3v) is 5.31. The Labute approximate surface area is 151 Å². The van der Waals surface area contributed by atoms with E-state index in [9.17, 15) is 17.6 Å². The van der Waals surface area contributed by atoms with Crippen LogP contribution in [0.15, 0.2) is 42.5 Å². The molecule has 2 aromatic rings. The number of halogens is 2. The van der Waals surface area contributed by atoms with Gasteiger partial charge in [-0.2, -0.15) is 0 Å². The Bertz CT molecular complexity index is 885. The molecule has 25 heavy (non-hydrogen) atoms. The van der Waals surface area contributed by atoms with Crippen molar-refractivity contribution in [3.63, 3.8) is 0 Å². The van der Waals surface area contributed by atoms with E-state index >= 15 is 0 Å². The second-order valence-corrected chi connectivity index (χ2v) is 8.06. The molecule has 0 aromatic heterocycles. The molecule has 0 bridgehead atoms. The number of nitrogens with zero attached hydrogens (tertiary/aromatic N) is 1. The average Bonchev–Trinajstić information content (AvgIpc) is 2.54. The molecule has 1 N–H and O–H groups in total. The lowest BCUT2D eigenvalue weighted by Crippen LogP contribution is -2.28. The van der Waals surface area contributed by atoms with E-state index in [2.05, 4.69) is 5.32 Å². The van der Waals surface area contributed by atoms with E-state index in [-0.39, 0.29) is 22.4 Å². The normalized spacial score (nSPS) is 12.5.